The van der Waals surface area contributed by atoms with E-state index in [9.17, 15) is 0 Å². The number of hydrogen-bond donors (Lipinski definition) is 1. The molecule has 4 nitrogen and oxygen atoms in total. The molecule has 0 radical (unpaired) electrons. The van der Waals surface area contributed by atoms with Gasteiger partial charge < -0.3 is 14.8 Å². The minimum absolute atomic E-state index is 0. The zero-order chi connectivity index (χ0) is 13.0. The zero-order valence-corrected chi connectivity index (χ0v) is 12.6. The third-order valence-corrected chi connectivity index (χ3v) is 3.50. The maximum atomic E-state index is 5.42. The van der Waals surface area contributed by atoms with Crippen molar-refractivity contribution in [3.63, 3.8) is 0 Å². The van der Waals surface area contributed by atoms with Gasteiger partial charge in [0.1, 0.15) is 11.5 Å². The van der Waals surface area contributed by atoms with E-state index in [-0.39, 0.29) is 12.4 Å². The Morgan fingerprint density at radius 2 is 2.11 bits per heavy atom. The summed E-state index contributed by atoms with van der Waals surface area (Å²) in [5, 5.41) is 3.40. The third-order valence-electron chi connectivity index (χ3n) is 3.50. The van der Waals surface area contributed by atoms with Crippen LogP contribution in [0, 0.1) is 0 Å². The Kier molecular flexibility index (Phi) is 6.42. The van der Waals surface area contributed by atoms with E-state index in [1.165, 1.54) is 5.56 Å². The molecular formula is C14H23ClN2O2. The van der Waals surface area contributed by atoms with Gasteiger partial charge in [-0.05, 0) is 25.1 Å². The maximum absolute atomic E-state index is 5.42. The second-order valence-corrected chi connectivity index (χ2v) is 4.70. The summed E-state index contributed by atoms with van der Waals surface area (Å²) in [6.45, 7) is 6.33. The molecule has 2 rings (SSSR count). The van der Waals surface area contributed by atoms with E-state index in [2.05, 4.69) is 23.2 Å². The monoisotopic (exact) mass is 286 g/mol. The van der Waals surface area contributed by atoms with Gasteiger partial charge in [-0.3, -0.25) is 4.90 Å². The molecule has 1 saturated heterocycles. The van der Waals surface area contributed by atoms with Crippen LogP contribution in [0.2, 0.25) is 0 Å². The van der Waals surface area contributed by atoms with Gasteiger partial charge in [0.15, 0.2) is 0 Å². The van der Waals surface area contributed by atoms with Crippen molar-refractivity contribution < 1.29 is 9.47 Å². The first-order valence-electron chi connectivity index (χ1n) is 6.40. The summed E-state index contributed by atoms with van der Waals surface area (Å²) in [4.78, 5) is 2.47. The molecule has 0 spiro atoms. The molecule has 0 aliphatic carbocycles. The smallest absolute Gasteiger partial charge is 0.123 e. The lowest BCUT2D eigenvalue weighted by atomic mass is 10.1. The SMILES string of the molecule is COc1ccc(OC)c(CN2CCNC[C@H]2C)c1.Cl. The Morgan fingerprint density at radius 1 is 1.32 bits per heavy atom. The Bertz CT molecular complexity index is 401. The van der Waals surface area contributed by atoms with E-state index in [0.717, 1.165) is 37.7 Å². The van der Waals surface area contributed by atoms with E-state index < -0.39 is 0 Å². The summed E-state index contributed by atoms with van der Waals surface area (Å²) in [7, 11) is 3.41. The van der Waals surface area contributed by atoms with Gasteiger partial charge >= 0.3 is 0 Å². The van der Waals surface area contributed by atoms with Gasteiger partial charge in [-0.1, -0.05) is 0 Å². The highest BCUT2D eigenvalue weighted by Crippen LogP contribution is 2.26. The van der Waals surface area contributed by atoms with Gasteiger partial charge in [-0.25, -0.2) is 0 Å². The largest absolute Gasteiger partial charge is 0.497 e. The Hall–Kier alpha value is -0.970. The van der Waals surface area contributed by atoms with Crippen molar-refractivity contribution in [1.82, 2.24) is 10.2 Å². The quantitative estimate of drug-likeness (QED) is 0.917. The minimum atomic E-state index is 0. The number of halogens is 1. The van der Waals surface area contributed by atoms with Gasteiger partial charge in [-0.15, -0.1) is 12.4 Å². The lowest BCUT2D eigenvalue weighted by Gasteiger charge is -2.34. The van der Waals surface area contributed by atoms with Crippen LogP contribution in [0.25, 0.3) is 0 Å². The predicted octanol–water partition coefficient (Wildman–Crippen LogP) is 1.92. The molecule has 1 aromatic rings. The van der Waals surface area contributed by atoms with Gasteiger partial charge in [0.25, 0.3) is 0 Å². The van der Waals surface area contributed by atoms with Crippen molar-refractivity contribution >= 4 is 12.4 Å². The van der Waals surface area contributed by atoms with E-state index in [4.69, 9.17) is 9.47 Å². The number of nitrogens with one attached hydrogen (secondary N) is 1. The topological polar surface area (TPSA) is 33.7 Å². The van der Waals surface area contributed by atoms with Gasteiger partial charge in [0.2, 0.25) is 0 Å². The average Bonchev–Trinajstić information content (AvgIpc) is 2.41. The molecule has 1 N–H and O–H groups in total. The maximum Gasteiger partial charge on any atom is 0.123 e. The Morgan fingerprint density at radius 3 is 2.74 bits per heavy atom. The fourth-order valence-electron chi connectivity index (χ4n) is 2.34. The number of piperazine rings is 1. The van der Waals surface area contributed by atoms with Crippen LogP contribution in [0.15, 0.2) is 18.2 Å². The number of hydrogen-bond acceptors (Lipinski definition) is 4. The fourth-order valence-corrected chi connectivity index (χ4v) is 2.34. The molecule has 0 bridgehead atoms. The van der Waals surface area contributed by atoms with Crippen LogP contribution in [0.4, 0.5) is 0 Å². The number of benzene rings is 1. The molecule has 1 aromatic carbocycles. The predicted molar refractivity (Wildman–Crippen MR) is 79.5 cm³/mol. The summed E-state index contributed by atoms with van der Waals surface area (Å²) in [5.74, 6) is 1.81. The molecule has 5 heteroatoms. The molecule has 0 saturated carbocycles. The lowest BCUT2D eigenvalue weighted by Crippen LogP contribution is -2.49. The summed E-state index contributed by atoms with van der Waals surface area (Å²) >= 11 is 0. The van der Waals surface area contributed by atoms with Crippen molar-refractivity contribution in [1.29, 1.82) is 0 Å². The van der Waals surface area contributed by atoms with Crippen molar-refractivity contribution in [3.05, 3.63) is 23.8 Å². The number of methoxy groups -OCH3 is 2. The molecule has 0 amide bonds. The molecule has 1 fully saturated rings. The summed E-state index contributed by atoms with van der Waals surface area (Å²) < 4.78 is 10.7. The Labute approximate surface area is 121 Å². The first kappa shape index (κ1) is 16.1. The van der Waals surface area contributed by atoms with Crippen LogP contribution >= 0.6 is 12.4 Å². The third kappa shape index (κ3) is 4.00. The highest BCUT2D eigenvalue weighted by Gasteiger charge is 2.19. The molecular weight excluding hydrogens is 264 g/mol. The second kappa shape index (κ2) is 7.58. The van der Waals surface area contributed by atoms with Crippen molar-refractivity contribution in [2.75, 3.05) is 33.9 Å². The van der Waals surface area contributed by atoms with Crippen LogP contribution in [0.3, 0.4) is 0 Å². The lowest BCUT2D eigenvalue weighted by molar-refractivity contribution is 0.164. The van der Waals surface area contributed by atoms with E-state index >= 15 is 0 Å². The standard InChI is InChI=1S/C14H22N2O2.ClH/c1-11-9-15-6-7-16(11)10-12-8-13(17-2)4-5-14(12)18-3;/h4-5,8,11,15H,6-7,9-10H2,1-3H3;1H/t11-;/m1./s1. The molecule has 108 valence electrons. The summed E-state index contributed by atoms with van der Waals surface area (Å²) in [6.07, 6.45) is 0. The van der Waals surface area contributed by atoms with Crippen LogP contribution in [-0.2, 0) is 6.54 Å². The van der Waals surface area contributed by atoms with Gasteiger partial charge in [0.05, 0.1) is 14.2 Å². The van der Waals surface area contributed by atoms with Crippen molar-refractivity contribution in [2.45, 2.75) is 19.5 Å². The Balaban J connectivity index is 0.00000180. The van der Waals surface area contributed by atoms with Gasteiger partial charge in [-0.2, -0.15) is 0 Å². The van der Waals surface area contributed by atoms with Crippen molar-refractivity contribution in [3.8, 4) is 11.5 Å². The van der Waals surface area contributed by atoms with Crippen LogP contribution in [0.5, 0.6) is 11.5 Å². The normalized spacial score (nSPS) is 19.6. The molecule has 0 aromatic heterocycles. The average molecular weight is 287 g/mol. The van der Waals surface area contributed by atoms with Crippen LogP contribution in [0.1, 0.15) is 12.5 Å². The molecule has 1 heterocycles. The highest BCUT2D eigenvalue weighted by atomic mass is 35.5. The molecule has 1 aliphatic rings. The summed E-state index contributed by atoms with van der Waals surface area (Å²) in [5.41, 5.74) is 1.19. The molecule has 1 atom stereocenters. The second-order valence-electron chi connectivity index (χ2n) is 4.70. The number of nitrogens with zero attached hydrogens (tertiary/aromatic N) is 1. The minimum Gasteiger partial charge on any atom is -0.497 e. The highest BCUT2D eigenvalue weighted by molar-refractivity contribution is 5.85. The first-order valence-corrected chi connectivity index (χ1v) is 6.40. The fraction of sp³-hybridized carbons (Fsp3) is 0.571. The van der Waals surface area contributed by atoms with E-state index in [1.807, 2.05) is 12.1 Å². The van der Waals surface area contributed by atoms with Crippen LogP contribution in [-0.4, -0.2) is 44.8 Å². The molecule has 1 aliphatic heterocycles. The van der Waals surface area contributed by atoms with E-state index in [1.54, 1.807) is 14.2 Å². The number of ether oxygens (including phenoxy) is 2. The molecule has 19 heavy (non-hydrogen) atoms. The number of rotatable bonds is 4. The zero-order valence-electron chi connectivity index (χ0n) is 11.8. The van der Waals surface area contributed by atoms with Crippen molar-refractivity contribution in [2.24, 2.45) is 0 Å². The van der Waals surface area contributed by atoms with Gasteiger partial charge in [0, 0.05) is 37.8 Å². The summed E-state index contributed by atoms with van der Waals surface area (Å²) in [6, 6.07) is 6.52. The first-order chi connectivity index (χ1) is 8.74. The van der Waals surface area contributed by atoms with E-state index in [0.29, 0.717) is 6.04 Å². The molecule has 0 unspecified atom stereocenters. The van der Waals surface area contributed by atoms with Crippen LogP contribution < -0.4 is 14.8 Å².